The summed E-state index contributed by atoms with van der Waals surface area (Å²) < 4.78 is 10.6. The molecule has 2 aromatic rings. The Kier molecular flexibility index (Phi) is 15.3. The van der Waals surface area contributed by atoms with Gasteiger partial charge in [0.2, 0.25) is 0 Å². The summed E-state index contributed by atoms with van der Waals surface area (Å²) in [5, 5.41) is 1.72. The molecule has 39 heavy (non-hydrogen) atoms. The third-order valence-electron chi connectivity index (χ3n) is 5.21. The van der Waals surface area contributed by atoms with Gasteiger partial charge in [-0.15, -0.1) is 6.42 Å². The molecule has 0 amide bonds. The van der Waals surface area contributed by atoms with E-state index in [1.54, 1.807) is 12.1 Å². The first kappa shape index (κ1) is 32.9. The Hall–Kier alpha value is -2.27. The van der Waals surface area contributed by atoms with E-state index in [1.807, 2.05) is 50.1 Å². The molecule has 0 aromatic carbocycles. The molecule has 0 aliphatic carbocycles. The number of hydrogen-bond acceptors (Lipinski definition) is 8. The van der Waals surface area contributed by atoms with Gasteiger partial charge in [-0.3, -0.25) is 9.80 Å². The number of anilines is 2. The lowest BCUT2D eigenvalue weighted by molar-refractivity contribution is 0.122. The van der Waals surface area contributed by atoms with Crippen LogP contribution in [0.15, 0.2) is 24.3 Å². The summed E-state index contributed by atoms with van der Waals surface area (Å²) in [6, 6.07) is 7.13. The largest absolute Gasteiger partial charge is 0.378 e. The molecule has 0 N–H and O–H groups in total. The fourth-order valence-electron chi connectivity index (χ4n) is 3.38. The molecule has 8 nitrogen and oxygen atoms in total. The van der Waals surface area contributed by atoms with E-state index in [0.29, 0.717) is 21.7 Å². The predicted molar refractivity (Wildman–Crippen MR) is 162 cm³/mol. The van der Waals surface area contributed by atoms with Crippen LogP contribution in [0.25, 0.3) is 0 Å². The van der Waals surface area contributed by atoms with Crippen LogP contribution in [0.2, 0.25) is 15.2 Å². The van der Waals surface area contributed by atoms with Crippen molar-refractivity contribution in [2.75, 3.05) is 104 Å². The van der Waals surface area contributed by atoms with E-state index in [0.717, 1.165) is 76.5 Å². The number of ether oxygens (including phenoxy) is 2. The van der Waals surface area contributed by atoms with E-state index in [4.69, 9.17) is 50.7 Å². The van der Waals surface area contributed by atoms with Crippen molar-refractivity contribution in [2.24, 2.45) is 0 Å². The van der Waals surface area contributed by atoms with Crippen LogP contribution in [0.4, 0.5) is 11.6 Å². The SMILES string of the molecule is C#CCN(C)C.CN(C)CC#Cc1cc(Cl)cc(N2CCOCC2)n1.Clc1cc(Cl)nc(N2CCOCC2)c1. The molecule has 2 saturated heterocycles. The topological polar surface area (TPSA) is 57.2 Å². The molecule has 2 aliphatic heterocycles. The van der Waals surface area contributed by atoms with Crippen LogP contribution >= 0.6 is 34.8 Å². The van der Waals surface area contributed by atoms with Gasteiger partial charge in [0.25, 0.3) is 0 Å². The molecule has 2 aliphatic rings. The van der Waals surface area contributed by atoms with Gasteiger partial charge in [-0.05, 0) is 58.4 Å². The van der Waals surface area contributed by atoms with Gasteiger partial charge in [-0.2, -0.15) is 0 Å². The van der Waals surface area contributed by atoms with Gasteiger partial charge in [0.05, 0.1) is 39.5 Å². The lowest BCUT2D eigenvalue weighted by Gasteiger charge is -2.27. The summed E-state index contributed by atoms with van der Waals surface area (Å²) in [4.78, 5) is 17.0. The van der Waals surface area contributed by atoms with E-state index in [1.165, 1.54) is 0 Å². The number of morpholine rings is 2. The Labute approximate surface area is 248 Å². The van der Waals surface area contributed by atoms with Crippen molar-refractivity contribution in [1.82, 2.24) is 19.8 Å². The van der Waals surface area contributed by atoms with Crippen molar-refractivity contribution in [1.29, 1.82) is 0 Å². The monoisotopic (exact) mass is 594 g/mol. The Bertz CT molecular complexity index is 1100. The molecule has 0 radical (unpaired) electrons. The zero-order valence-electron chi connectivity index (χ0n) is 23.1. The molecule has 0 atom stereocenters. The maximum atomic E-state index is 6.13. The fourth-order valence-corrected chi connectivity index (χ4v) is 4.04. The average molecular weight is 596 g/mol. The van der Waals surface area contributed by atoms with E-state index in [-0.39, 0.29) is 0 Å². The average Bonchev–Trinajstić information content (AvgIpc) is 2.89. The molecule has 11 heteroatoms. The summed E-state index contributed by atoms with van der Waals surface area (Å²) >= 11 is 17.8. The first-order valence-electron chi connectivity index (χ1n) is 12.6. The molecule has 212 valence electrons. The normalized spacial score (nSPS) is 14.9. The number of pyridine rings is 2. The zero-order valence-corrected chi connectivity index (χ0v) is 25.4. The van der Waals surface area contributed by atoms with Gasteiger partial charge in [-0.25, -0.2) is 9.97 Å². The molecule has 4 rings (SSSR count). The highest BCUT2D eigenvalue weighted by Gasteiger charge is 2.14. The lowest BCUT2D eigenvalue weighted by Crippen LogP contribution is -2.36. The molecule has 0 saturated carbocycles. The van der Waals surface area contributed by atoms with Crippen LogP contribution < -0.4 is 9.80 Å². The van der Waals surface area contributed by atoms with Gasteiger partial charge in [-0.1, -0.05) is 46.6 Å². The number of rotatable bonds is 4. The summed E-state index contributed by atoms with van der Waals surface area (Å²) in [6.45, 7) is 7.73. The Balaban J connectivity index is 0.000000234. The maximum Gasteiger partial charge on any atom is 0.132 e. The predicted octanol–water partition coefficient (Wildman–Crippen LogP) is 3.89. The van der Waals surface area contributed by atoms with Gasteiger partial charge in [0.15, 0.2) is 0 Å². The number of hydrogen-bond donors (Lipinski definition) is 0. The van der Waals surface area contributed by atoms with Crippen molar-refractivity contribution in [2.45, 2.75) is 0 Å². The van der Waals surface area contributed by atoms with Crippen molar-refractivity contribution in [3.8, 4) is 24.2 Å². The maximum absolute atomic E-state index is 6.13. The highest BCUT2D eigenvalue weighted by molar-refractivity contribution is 6.34. The van der Waals surface area contributed by atoms with Crippen molar-refractivity contribution < 1.29 is 9.47 Å². The first-order valence-corrected chi connectivity index (χ1v) is 13.7. The van der Waals surface area contributed by atoms with Crippen molar-refractivity contribution in [3.05, 3.63) is 45.2 Å². The fraction of sp³-hybridized carbons (Fsp3) is 0.500. The molecular weight excluding hydrogens is 559 g/mol. The third kappa shape index (κ3) is 13.6. The minimum atomic E-state index is 0.430. The highest BCUT2D eigenvalue weighted by atomic mass is 35.5. The molecule has 0 spiro atoms. The zero-order chi connectivity index (χ0) is 28.6. The molecule has 0 bridgehead atoms. The van der Waals surface area contributed by atoms with Gasteiger partial charge < -0.3 is 19.3 Å². The van der Waals surface area contributed by atoms with Crippen LogP contribution in [0.3, 0.4) is 0 Å². The molecule has 4 heterocycles. The Morgan fingerprint density at radius 3 is 1.69 bits per heavy atom. The smallest absolute Gasteiger partial charge is 0.132 e. The highest BCUT2D eigenvalue weighted by Crippen LogP contribution is 2.22. The quantitative estimate of drug-likeness (QED) is 0.390. The van der Waals surface area contributed by atoms with E-state index < -0.39 is 0 Å². The Morgan fingerprint density at radius 1 is 0.769 bits per heavy atom. The summed E-state index contributed by atoms with van der Waals surface area (Å²) in [7, 11) is 7.86. The number of nitrogens with zero attached hydrogens (tertiary/aromatic N) is 6. The molecule has 2 fully saturated rings. The molecule has 0 unspecified atom stereocenters. The number of halogens is 3. The van der Waals surface area contributed by atoms with Gasteiger partial charge in [0, 0.05) is 36.2 Å². The van der Waals surface area contributed by atoms with Crippen LogP contribution in [0, 0.1) is 24.2 Å². The minimum Gasteiger partial charge on any atom is -0.378 e. The second-order valence-electron chi connectivity index (χ2n) is 9.18. The van der Waals surface area contributed by atoms with E-state index in [2.05, 4.69) is 37.5 Å². The second kappa shape index (κ2) is 18.1. The summed E-state index contributed by atoms with van der Waals surface area (Å²) in [6.07, 6.45) is 4.94. The minimum absolute atomic E-state index is 0.430. The molecule has 2 aromatic heterocycles. The van der Waals surface area contributed by atoms with Gasteiger partial charge in [0.1, 0.15) is 22.5 Å². The summed E-state index contributed by atoms with van der Waals surface area (Å²) in [5.41, 5.74) is 0.718. The van der Waals surface area contributed by atoms with Gasteiger partial charge >= 0.3 is 0 Å². The van der Waals surface area contributed by atoms with Crippen LogP contribution in [-0.2, 0) is 9.47 Å². The second-order valence-corrected chi connectivity index (χ2v) is 10.4. The number of terminal acetylenes is 1. The lowest BCUT2D eigenvalue weighted by atomic mass is 10.3. The number of aromatic nitrogens is 2. The Morgan fingerprint density at radius 2 is 1.26 bits per heavy atom. The van der Waals surface area contributed by atoms with Crippen LogP contribution in [0.5, 0.6) is 0 Å². The van der Waals surface area contributed by atoms with Crippen LogP contribution in [0.1, 0.15) is 5.69 Å². The first-order chi connectivity index (χ1) is 18.7. The van der Waals surface area contributed by atoms with E-state index >= 15 is 0 Å². The van der Waals surface area contributed by atoms with Crippen LogP contribution in [-0.4, -0.2) is 114 Å². The van der Waals surface area contributed by atoms with E-state index in [9.17, 15) is 0 Å². The van der Waals surface area contributed by atoms with Crippen molar-refractivity contribution >= 4 is 46.4 Å². The molecular formula is C28H37Cl3N6O2. The standard InChI is InChI=1S/C14H18ClN3O.C9H10Cl2N2O.C5H9N/c1-17(2)5-3-4-13-10-12(15)11-14(16-13)18-6-8-19-9-7-18;10-7-5-8(11)12-9(6-7)13-1-3-14-4-2-13;1-4-5-6(2)3/h10-11H,5-9H2,1-2H3;5-6H,1-4H2;1H,5H2,2-3H3. The summed E-state index contributed by atoms with van der Waals surface area (Å²) in [5.74, 6) is 10.3. The van der Waals surface area contributed by atoms with Crippen molar-refractivity contribution in [3.63, 3.8) is 0 Å². The third-order valence-corrected chi connectivity index (χ3v) is 5.84.